The van der Waals surface area contributed by atoms with Crippen LogP contribution in [0.3, 0.4) is 0 Å². The summed E-state index contributed by atoms with van der Waals surface area (Å²) in [5.74, 6) is -0.0336. The zero-order valence-electron chi connectivity index (χ0n) is 8.20. The Bertz CT molecular complexity index is 336. The minimum Gasteiger partial charge on any atom is -0.507 e. The van der Waals surface area contributed by atoms with Gasteiger partial charge >= 0.3 is 0 Å². The standard InChI is InChI=1S/C10H13NO3/c1-3-14-8-6-4-5-7(12)9(8)10(13)11-2/h4-6,12H,3H2,1-2H3,(H,11,13). The Kier molecular flexibility index (Phi) is 3.34. The highest BCUT2D eigenvalue weighted by molar-refractivity contribution is 5.99. The lowest BCUT2D eigenvalue weighted by atomic mass is 10.1. The van der Waals surface area contributed by atoms with Crippen LogP contribution in [0.1, 0.15) is 17.3 Å². The predicted octanol–water partition coefficient (Wildman–Crippen LogP) is 1.15. The number of nitrogens with one attached hydrogen (secondary N) is 1. The number of hydrogen-bond acceptors (Lipinski definition) is 3. The fourth-order valence-electron chi connectivity index (χ4n) is 1.15. The molecule has 0 unspecified atom stereocenters. The second-order valence-corrected chi connectivity index (χ2v) is 2.66. The molecule has 4 heteroatoms. The van der Waals surface area contributed by atoms with E-state index in [0.29, 0.717) is 12.4 Å². The van der Waals surface area contributed by atoms with E-state index in [1.165, 1.54) is 13.1 Å². The van der Waals surface area contributed by atoms with Crippen LogP contribution in [-0.4, -0.2) is 24.7 Å². The van der Waals surface area contributed by atoms with Crippen LogP contribution in [0.15, 0.2) is 18.2 Å². The molecule has 2 N–H and O–H groups in total. The van der Waals surface area contributed by atoms with Crippen molar-refractivity contribution in [3.8, 4) is 11.5 Å². The summed E-state index contributed by atoms with van der Waals surface area (Å²) in [6.45, 7) is 2.27. The molecule has 1 amide bonds. The van der Waals surface area contributed by atoms with Crippen molar-refractivity contribution in [3.05, 3.63) is 23.8 Å². The van der Waals surface area contributed by atoms with Crippen LogP contribution in [-0.2, 0) is 0 Å². The third-order valence-corrected chi connectivity index (χ3v) is 1.76. The van der Waals surface area contributed by atoms with E-state index in [9.17, 15) is 9.90 Å². The van der Waals surface area contributed by atoms with Crippen LogP contribution in [0.2, 0.25) is 0 Å². The molecular formula is C10H13NO3. The van der Waals surface area contributed by atoms with Gasteiger partial charge in [0.1, 0.15) is 17.1 Å². The molecule has 4 nitrogen and oxygen atoms in total. The molecular weight excluding hydrogens is 182 g/mol. The number of rotatable bonds is 3. The van der Waals surface area contributed by atoms with E-state index in [0.717, 1.165) is 0 Å². The van der Waals surface area contributed by atoms with Crippen LogP contribution >= 0.6 is 0 Å². The molecule has 0 spiro atoms. The zero-order chi connectivity index (χ0) is 10.6. The SMILES string of the molecule is CCOc1cccc(O)c1C(=O)NC. The Balaban J connectivity index is 3.15. The van der Waals surface area contributed by atoms with Crippen molar-refractivity contribution in [2.24, 2.45) is 0 Å². The maximum Gasteiger partial charge on any atom is 0.258 e. The number of amides is 1. The summed E-state index contributed by atoms with van der Waals surface area (Å²) in [5, 5.41) is 11.9. The van der Waals surface area contributed by atoms with Gasteiger partial charge in [-0.1, -0.05) is 6.07 Å². The van der Waals surface area contributed by atoms with Gasteiger partial charge in [-0.3, -0.25) is 4.79 Å². The van der Waals surface area contributed by atoms with Crippen LogP contribution in [0.5, 0.6) is 11.5 Å². The van der Waals surface area contributed by atoms with Crippen molar-refractivity contribution in [3.63, 3.8) is 0 Å². The number of ether oxygens (including phenoxy) is 1. The highest BCUT2D eigenvalue weighted by atomic mass is 16.5. The summed E-state index contributed by atoms with van der Waals surface area (Å²) in [4.78, 5) is 11.4. The smallest absolute Gasteiger partial charge is 0.258 e. The molecule has 0 bridgehead atoms. The number of hydrogen-bond donors (Lipinski definition) is 2. The van der Waals surface area contributed by atoms with Crippen molar-refractivity contribution in [1.29, 1.82) is 0 Å². The first-order valence-electron chi connectivity index (χ1n) is 4.37. The van der Waals surface area contributed by atoms with Crippen molar-refractivity contribution >= 4 is 5.91 Å². The molecule has 0 radical (unpaired) electrons. The minimum absolute atomic E-state index is 0.0738. The Morgan fingerprint density at radius 3 is 2.86 bits per heavy atom. The first-order valence-corrected chi connectivity index (χ1v) is 4.37. The van der Waals surface area contributed by atoms with Gasteiger partial charge in [-0.2, -0.15) is 0 Å². The number of phenolic OH excluding ortho intramolecular Hbond substituents is 1. The van der Waals surface area contributed by atoms with Crippen molar-refractivity contribution < 1.29 is 14.6 Å². The molecule has 76 valence electrons. The summed E-state index contributed by atoms with van der Waals surface area (Å²) < 4.78 is 5.22. The van der Waals surface area contributed by atoms with Gasteiger partial charge in [0, 0.05) is 7.05 Å². The molecule has 0 atom stereocenters. The minimum atomic E-state index is -0.355. The molecule has 0 aliphatic heterocycles. The molecule has 0 heterocycles. The lowest BCUT2D eigenvalue weighted by Crippen LogP contribution is -2.19. The van der Waals surface area contributed by atoms with Gasteiger partial charge in [-0.05, 0) is 19.1 Å². The zero-order valence-corrected chi connectivity index (χ0v) is 8.20. The molecule has 0 saturated carbocycles. The summed E-state index contributed by atoms with van der Waals surface area (Å²) in [6, 6.07) is 4.73. The van der Waals surface area contributed by atoms with Crippen LogP contribution in [0.4, 0.5) is 0 Å². The molecule has 1 aromatic carbocycles. The summed E-state index contributed by atoms with van der Waals surface area (Å²) in [5.41, 5.74) is 0.178. The molecule has 1 aromatic rings. The summed E-state index contributed by atoms with van der Waals surface area (Å²) in [6.07, 6.45) is 0. The van der Waals surface area contributed by atoms with E-state index in [2.05, 4.69) is 5.32 Å². The van der Waals surface area contributed by atoms with Gasteiger partial charge < -0.3 is 15.2 Å². The predicted molar refractivity (Wildman–Crippen MR) is 52.7 cm³/mol. The van der Waals surface area contributed by atoms with Gasteiger partial charge in [0.25, 0.3) is 5.91 Å². The van der Waals surface area contributed by atoms with Crippen molar-refractivity contribution in [2.45, 2.75) is 6.92 Å². The van der Waals surface area contributed by atoms with Gasteiger partial charge in [-0.25, -0.2) is 0 Å². The largest absolute Gasteiger partial charge is 0.507 e. The summed E-state index contributed by atoms with van der Waals surface area (Å²) in [7, 11) is 1.50. The number of aromatic hydroxyl groups is 1. The van der Waals surface area contributed by atoms with Crippen molar-refractivity contribution in [2.75, 3.05) is 13.7 Å². The highest BCUT2D eigenvalue weighted by Gasteiger charge is 2.15. The van der Waals surface area contributed by atoms with E-state index in [1.54, 1.807) is 12.1 Å². The average Bonchev–Trinajstić information content (AvgIpc) is 2.18. The average molecular weight is 195 g/mol. The molecule has 1 rings (SSSR count). The first-order chi connectivity index (χ1) is 6.70. The fourth-order valence-corrected chi connectivity index (χ4v) is 1.15. The van der Waals surface area contributed by atoms with E-state index in [1.807, 2.05) is 6.92 Å². The Labute approximate surface area is 82.5 Å². The monoisotopic (exact) mass is 195 g/mol. The molecule has 0 aromatic heterocycles. The second-order valence-electron chi connectivity index (χ2n) is 2.66. The normalized spacial score (nSPS) is 9.57. The Hall–Kier alpha value is -1.71. The third kappa shape index (κ3) is 1.96. The molecule has 0 aliphatic rings. The molecule has 14 heavy (non-hydrogen) atoms. The van der Waals surface area contributed by atoms with Crippen LogP contribution < -0.4 is 10.1 Å². The lowest BCUT2D eigenvalue weighted by Gasteiger charge is -2.09. The number of carbonyl (C=O) groups is 1. The quantitative estimate of drug-likeness (QED) is 0.760. The van der Waals surface area contributed by atoms with Crippen molar-refractivity contribution in [1.82, 2.24) is 5.32 Å². The van der Waals surface area contributed by atoms with Gasteiger partial charge in [0.2, 0.25) is 0 Å². The maximum absolute atomic E-state index is 11.4. The van der Waals surface area contributed by atoms with E-state index in [4.69, 9.17) is 4.74 Å². The highest BCUT2D eigenvalue weighted by Crippen LogP contribution is 2.27. The van der Waals surface area contributed by atoms with E-state index in [-0.39, 0.29) is 17.2 Å². The fraction of sp³-hybridized carbons (Fsp3) is 0.300. The Morgan fingerprint density at radius 1 is 1.57 bits per heavy atom. The molecule has 0 aliphatic carbocycles. The third-order valence-electron chi connectivity index (χ3n) is 1.76. The second kappa shape index (κ2) is 4.50. The molecule has 0 fully saturated rings. The topological polar surface area (TPSA) is 58.6 Å². The maximum atomic E-state index is 11.4. The number of carbonyl (C=O) groups excluding carboxylic acids is 1. The number of benzene rings is 1. The van der Waals surface area contributed by atoms with Crippen LogP contribution in [0.25, 0.3) is 0 Å². The van der Waals surface area contributed by atoms with Gasteiger partial charge in [-0.15, -0.1) is 0 Å². The Morgan fingerprint density at radius 2 is 2.29 bits per heavy atom. The van der Waals surface area contributed by atoms with Crippen LogP contribution in [0, 0.1) is 0 Å². The van der Waals surface area contributed by atoms with E-state index < -0.39 is 0 Å². The molecule has 0 saturated heterocycles. The van der Waals surface area contributed by atoms with Gasteiger partial charge in [0.15, 0.2) is 0 Å². The lowest BCUT2D eigenvalue weighted by molar-refractivity contribution is 0.0956. The van der Waals surface area contributed by atoms with E-state index >= 15 is 0 Å². The number of phenols is 1. The first kappa shape index (κ1) is 10.4. The van der Waals surface area contributed by atoms with Gasteiger partial charge in [0.05, 0.1) is 6.61 Å². The summed E-state index contributed by atoms with van der Waals surface area (Å²) >= 11 is 0.